The molecule has 0 spiro atoms. The molecule has 7 heteroatoms. The topological polar surface area (TPSA) is 63.2 Å². The van der Waals surface area contributed by atoms with E-state index in [0.29, 0.717) is 13.0 Å². The maximum atomic E-state index is 12.3. The molecule has 2 saturated heterocycles. The first-order chi connectivity index (χ1) is 15.1. The first kappa shape index (κ1) is 24.9. The quantitative estimate of drug-likeness (QED) is 0.249. The molecule has 0 saturated carbocycles. The Morgan fingerprint density at radius 1 is 1.16 bits per heavy atom. The van der Waals surface area contributed by atoms with E-state index >= 15 is 0 Å². The van der Waals surface area contributed by atoms with Crippen molar-refractivity contribution in [3.8, 4) is 0 Å². The number of carbonyl (C=O) groups excluding carboxylic acids is 1. The molecule has 1 aromatic rings. The predicted molar refractivity (Wildman–Crippen MR) is 126 cm³/mol. The van der Waals surface area contributed by atoms with E-state index in [4.69, 9.17) is 23.4 Å². The highest BCUT2D eigenvalue weighted by atomic mass is 28.4. The van der Waals surface area contributed by atoms with E-state index in [-0.39, 0.29) is 11.1 Å². The standard InChI is InChI=1S/C25H36O6Si/c1-8-13-18-21(29-20(26)9-2)23(31-32(6,7)25(3,4)5)22-19(28-18)16-27-24(30-22)17-14-11-10-12-15-17/h8-12,14-15,18-19,21-24H,1-2,13,16H2,3-7H3/t18-,19+,21-,22+,23+,24+/m0/s1. The molecule has 0 unspecified atom stereocenters. The Morgan fingerprint density at radius 3 is 2.44 bits per heavy atom. The van der Waals surface area contributed by atoms with Crippen LogP contribution in [0.3, 0.4) is 0 Å². The van der Waals surface area contributed by atoms with Crippen molar-refractivity contribution in [3.05, 3.63) is 61.2 Å². The summed E-state index contributed by atoms with van der Waals surface area (Å²) < 4.78 is 31.4. The molecular weight excluding hydrogens is 424 g/mol. The van der Waals surface area contributed by atoms with Gasteiger partial charge in [0, 0.05) is 11.6 Å². The normalized spacial score (nSPS) is 30.8. The number of hydrogen-bond donors (Lipinski definition) is 0. The van der Waals surface area contributed by atoms with Crippen LogP contribution in [0.4, 0.5) is 0 Å². The number of hydrogen-bond acceptors (Lipinski definition) is 6. The molecule has 0 aliphatic carbocycles. The molecule has 2 aliphatic heterocycles. The van der Waals surface area contributed by atoms with Crippen LogP contribution in [0.1, 0.15) is 39.0 Å². The molecule has 3 rings (SSSR count). The lowest BCUT2D eigenvalue weighted by molar-refractivity contribution is -0.326. The van der Waals surface area contributed by atoms with E-state index in [0.717, 1.165) is 11.6 Å². The first-order valence-electron chi connectivity index (χ1n) is 11.2. The molecule has 32 heavy (non-hydrogen) atoms. The van der Waals surface area contributed by atoms with E-state index in [1.54, 1.807) is 6.08 Å². The Hall–Kier alpha value is -1.77. The lowest BCUT2D eigenvalue weighted by Crippen LogP contribution is -2.65. The van der Waals surface area contributed by atoms with Gasteiger partial charge in [0.1, 0.15) is 24.4 Å². The Bertz CT molecular complexity index is 802. The SMILES string of the molecule is C=CC[C@@H]1O[C@@H]2CO[C@@H](c3ccccc3)O[C@H]2[C@H](O[Si](C)(C)C(C)(C)C)[C@H]1OC(=O)C=C. The monoisotopic (exact) mass is 460 g/mol. The summed E-state index contributed by atoms with van der Waals surface area (Å²) in [4.78, 5) is 12.3. The third kappa shape index (κ3) is 5.40. The minimum atomic E-state index is -2.24. The predicted octanol–water partition coefficient (Wildman–Crippen LogP) is 4.93. The smallest absolute Gasteiger partial charge is 0.330 e. The van der Waals surface area contributed by atoms with E-state index in [1.165, 1.54) is 0 Å². The van der Waals surface area contributed by atoms with Crippen LogP contribution < -0.4 is 0 Å². The van der Waals surface area contributed by atoms with Crippen LogP contribution in [-0.2, 0) is 28.2 Å². The Kier molecular flexibility index (Phi) is 7.78. The summed E-state index contributed by atoms with van der Waals surface area (Å²) in [5.41, 5.74) is 0.921. The molecule has 0 amide bonds. The summed E-state index contributed by atoms with van der Waals surface area (Å²) in [5, 5.41) is -0.0360. The van der Waals surface area contributed by atoms with Crippen LogP contribution in [0.2, 0.25) is 18.1 Å². The Morgan fingerprint density at radius 2 is 1.84 bits per heavy atom. The largest absolute Gasteiger partial charge is 0.454 e. The van der Waals surface area contributed by atoms with Gasteiger partial charge in [0.25, 0.3) is 0 Å². The highest BCUT2D eigenvalue weighted by Gasteiger charge is 2.54. The van der Waals surface area contributed by atoms with Crippen molar-refractivity contribution in [1.82, 2.24) is 0 Å². The van der Waals surface area contributed by atoms with Crippen molar-refractivity contribution in [2.45, 2.75) is 82.1 Å². The molecule has 6 nitrogen and oxygen atoms in total. The van der Waals surface area contributed by atoms with Gasteiger partial charge in [-0.3, -0.25) is 0 Å². The molecular formula is C25H36O6Si. The molecule has 0 aromatic heterocycles. The molecule has 6 atom stereocenters. The van der Waals surface area contributed by atoms with Crippen molar-refractivity contribution in [3.63, 3.8) is 0 Å². The number of ether oxygens (including phenoxy) is 4. The third-order valence-corrected chi connectivity index (χ3v) is 11.0. The van der Waals surface area contributed by atoms with Crippen LogP contribution in [-0.4, -0.2) is 51.4 Å². The van der Waals surface area contributed by atoms with Crippen LogP contribution in [0.25, 0.3) is 0 Å². The number of fused-ring (bicyclic) bond motifs is 1. The van der Waals surface area contributed by atoms with Gasteiger partial charge in [0.2, 0.25) is 0 Å². The molecule has 0 N–H and O–H groups in total. The third-order valence-electron chi connectivity index (χ3n) is 6.55. The highest BCUT2D eigenvalue weighted by Crippen LogP contribution is 2.43. The number of benzene rings is 1. The van der Waals surface area contributed by atoms with Gasteiger partial charge in [-0.1, -0.05) is 63.8 Å². The van der Waals surface area contributed by atoms with Gasteiger partial charge in [-0.25, -0.2) is 4.79 Å². The second-order valence-electron chi connectivity index (χ2n) is 9.86. The molecule has 2 aliphatic rings. The van der Waals surface area contributed by atoms with Gasteiger partial charge >= 0.3 is 5.97 Å². The maximum Gasteiger partial charge on any atom is 0.330 e. The fourth-order valence-electron chi connectivity index (χ4n) is 3.77. The minimum Gasteiger partial charge on any atom is -0.454 e. The summed E-state index contributed by atoms with van der Waals surface area (Å²) in [7, 11) is -2.24. The van der Waals surface area contributed by atoms with Crippen LogP contribution in [0, 0.1) is 0 Å². The summed E-state index contributed by atoms with van der Waals surface area (Å²) in [6.45, 7) is 18.7. The second-order valence-corrected chi connectivity index (χ2v) is 14.6. The second kappa shape index (κ2) is 10.0. The van der Waals surface area contributed by atoms with Crippen LogP contribution in [0.5, 0.6) is 0 Å². The highest BCUT2D eigenvalue weighted by molar-refractivity contribution is 6.74. The zero-order valence-electron chi connectivity index (χ0n) is 19.8. The molecule has 1 aromatic carbocycles. The Balaban J connectivity index is 1.97. The summed E-state index contributed by atoms with van der Waals surface area (Å²) in [6, 6.07) is 9.78. The van der Waals surface area contributed by atoms with Gasteiger partial charge in [-0.05, 0) is 24.6 Å². The van der Waals surface area contributed by atoms with Crippen molar-refractivity contribution in [2.75, 3.05) is 6.61 Å². The maximum absolute atomic E-state index is 12.3. The summed E-state index contributed by atoms with van der Waals surface area (Å²) in [5.74, 6) is -0.512. The van der Waals surface area contributed by atoms with E-state index in [1.807, 2.05) is 30.3 Å². The zero-order valence-corrected chi connectivity index (χ0v) is 20.8. The molecule has 176 valence electrons. The van der Waals surface area contributed by atoms with Crippen molar-refractivity contribution >= 4 is 14.3 Å². The van der Waals surface area contributed by atoms with E-state index in [9.17, 15) is 4.79 Å². The molecule has 0 bridgehead atoms. The summed E-state index contributed by atoms with van der Waals surface area (Å²) in [6.07, 6.45) is 0.546. The number of esters is 1. The molecule has 2 fully saturated rings. The van der Waals surface area contributed by atoms with E-state index in [2.05, 4.69) is 47.0 Å². The average Bonchev–Trinajstić information content (AvgIpc) is 2.75. The lowest BCUT2D eigenvalue weighted by atomic mass is 9.92. The fraction of sp³-hybridized carbons (Fsp3) is 0.560. The van der Waals surface area contributed by atoms with Crippen molar-refractivity contribution < 1.29 is 28.2 Å². The van der Waals surface area contributed by atoms with Gasteiger partial charge in [0.15, 0.2) is 20.7 Å². The average molecular weight is 461 g/mol. The number of carbonyl (C=O) groups is 1. The van der Waals surface area contributed by atoms with Crippen molar-refractivity contribution in [2.24, 2.45) is 0 Å². The van der Waals surface area contributed by atoms with Gasteiger partial charge < -0.3 is 23.4 Å². The van der Waals surface area contributed by atoms with E-state index < -0.39 is 45.0 Å². The van der Waals surface area contributed by atoms with Crippen LogP contribution in [0.15, 0.2) is 55.6 Å². The first-order valence-corrected chi connectivity index (χ1v) is 14.1. The van der Waals surface area contributed by atoms with Gasteiger partial charge in [-0.15, -0.1) is 6.58 Å². The van der Waals surface area contributed by atoms with Gasteiger partial charge in [0.05, 0.1) is 6.61 Å². The van der Waals surface area contributed by atoms with Crippen LogP contribution >= 0.6 is 0 Å². The summed E-state index contributed by atoms with van der Waals surface area (Å²) >= 11 is 0. The minimum absolute atomic E-state index is 0.0360. The van der Waals surface area contributed by atoms with Crippen molar-refractivity contribution in [1.29, 1.82) is 0 Å². The molecule has 2 heterocycles. The fourth-order valence-corrected chi connectivity index (χ4v) is 5.07. The Labute approximate surface area is 192 Å². The lowest BCUT2D eigenvalue weighted by Gasteiger charge is -2.52. The molecule has 0 radical (unpaired) electrons. The zero-order chi connectivity index (χ0) is 23.5. The number of rotatable bonds is 7. The van der Waals surface area contributed by atoms with Gasteiger partial charge in [-0.2, -0.15) is 0 Å².